The minimum Gasteiger partial charge on any atom is -0.381 e. The van der Waals surface area contributed by atoms with Gasteiger partial charge in [-0.3, -0.25) is 9.59 Å². The van der Waals surface area contributed by atoms with E-state index in [1.807, 2.05) is 37.6 Å². The van der Waals surface area contributed by atoms with Crippen LogP contribution in [0.3, 0.4) is 0 Å². The van der Waals surface area contributed by atoms with Crippen molar-refractivity contribution in [3.63, 3.8) is 0 Å². The number of benzene rings is 2. The largest absolute Gasteiger partial charge is 0.381 e. The zero-order valence-electron chi connectivity index (χ0n) is 27.9. The molecule has 0 spiro atoms. The van der Waals surface area contributed by atoms with Crippen LogP contribution in [0.15, 0.2) is 61.3 Å². The Bertz CT molecular complexity index is 2120. The number of pyridine rings is 1. The van der Waals surface area contributed by atoms with Crippen LogP contribution >= 0.6 is 11.6 Å². The van der Waals surface area contributed by atoms with Gasteiger partial charge in [-0.15, -0.1) is 0 Å². The lowest BCUT2D eigenvalue weighted by molar-refractivity contribution is -0.112. The quantitative estimate of drug-likeness (QED) is 0.115. The number of anilines is 1. The lowest BCUT2D eigenvalue weighted by Gasteiger charge is -2.27. The number of hydrogen-bond donors (Lipinski definition) is 2. The van der Waals surface area contributed by atoms with Gasteiger partial charge in [-0.1, -0.05) is 36.4 Å². The first-order valence-electron chi connectivity index (χ1n) is 16.2. The Kier molecular flexibility index (Phi) is 9.83. The number of imidazole rings is 1. The van der Waals surface area contributed by atoms with Crippen molar-refractivity contribution < 1.29 is 23.1 Å². The Hall–Kier alpha value is -4.64. The molecule has 1 saturated carbocycles. The van der Waals surface area contributed by atoms with E-state index in [1.54, 1.807) is 42.0 Å². The molecule has 2 N–H and O–H groups in total. The monoisotopic (exact) mass is 685 g/mol. The van der Waals surface area contributed by atoms with Crippen molar-refractivity contribution in [3.05, 3.63) is 106 Å². The third-order valence-electron chi connectivity index (χ3n) is 9.43. The standard InChI is InChI=1S/C38H38ClF2N5O3/c1-6-23-20-31(46-16-8-9-27(37(23)46)33-21(2)17-30-36(34(33)39)43-22(3)45(30)4)38(48)24-18-28(40)35(29(41)19-24)44-32(47)10-7-15-42-25-11-13-26(49-5)14-12-25/h6-10,16-20,25-26,42H,1,11-15H2,2-5H3,(H,44,47)/b10-7+. The summed E-state index contributed by atoms with van der Waals surface area (Å²) in [5, 5.41) is 6.11. The van der Waals surface area contributed by atoms with Crippen molar-refractivity contribution in [1.82, 2.24) is 19.3 Å². The molecule has 0 bridgehead atoms. The summed E-state index contributed by atoms with van der Waals surface area (Å²) in [6.07, 6.45) is 10.4. The SMILES string of the molecule is C=Cc1cc(C(=O)c2cc(F)c(NC(=O)/C=C/CNC3CCC(OC)CC3)c(F)c2)n2cccc(-c3c(C)cc4c(nc(C)n4C)c3Cl)c12. The first-order chi connectivity index (χ1) is 23.5. The number of halogens is 3. The number of ether oxygens (including phenoxy) is 1. The van der Waals surface area contributed by atoms with Gasteiger partial charge in [0, 0.05) is 61.3 Å². The van der Waals surface area contributed by atoms with Crippen LogP contribution in [0.25, 0.3) is 33.8 Å². The molecule has 3 aromatic heterocycles. The molecule has 6 rings (SSSR count). The number of fused-ring (bicyclic) bond motifs is 2. The molecule has 1 amide bonds. The highest BCUT2D eigenvalue weighted by Crippen LogP contribution is 2.41. The van der Waals surface area contributed by atoms with Crippen molar-refractivity contribution in [2.45, 2.75) is 51.7 Å². The van der Waals surface area contributed by atoms with E-state index in [9.17, 15) is 9.59 Å². The third-order valence-corrected chi connectivity index (χ3v) is 9.80. The fourth-order valence-electron chi connectivity index (χ4n) is 6.71. The van der Waals surface area contributed by atoms with Crippen molar-refractivity contribution in [2.75, 3.05) is 19.0 Å². The van der Waals surface area contributed by atoms with Crippen molar-refractivity contribution in [2.24, 2.45) is 7.05 Å². The average molecular weight is 686 g/mol. The van der Waals surface area contributed by atoms with Crippen molar-refractivity contribution >= 4 is 51.6 Å². The van der Waals surface area contributed by atoms with E-state index in [-0.39, 0.29) is 11.3 Å². The number of ketones is 1. The summed E-state index contributed by atoms with van der Waals surface area (Å²) in [6.45, 7) is 8.26. The van der Waals surface area contributed by atoms with Crippen LogP contribution < -0.4 is 10.6 Å². The van der Waals surface area contributed by atoms with Gasteiger partial charge in [0.25, 0.3) is 0 Å². The van der Waals surface area contributed by atoms with Gasteiger partial charge in [0.05, 0.1) is 27.9 Å². The lowest BCUT2D eigenvalue weighted by Crippen LogP contribution is -2.35. The fourth-order valence-corrected chi connectivity index (χ4v) is 7.10. The van der Waals surface area contributed by atoms with E-state index in [0.717, 1.165) is 65.8 Å². The van der Waals surface area contributed by atoms with E-state index in [2.05, 4.69) is 22.2 Å². The summed E-state index contributed by atoms with van der Waals surface area (Å²) in [6, 6.07) is 9.53. The number of methoxy groups -OCH3 is 1. The van der Waals surface area contributed by atoms with Crippen LogP contribution in [0.4, 0.5) is 14.5 Å². The van der Waals surface area contributed by atoms with Gasteiger partial charge >= 0.3 is 0 Å². The van der Waals surface area contributed by atoms with E-state index >= 15 is 8.78 Å². The molecular formula is C38H38ClF2N5O3. The van der Waals surface area contributed by atoms with Crippen molar-refractivity contribution in [3.8, 4) is 11.1 Å². The molecule has 8 nitrogen and oxygen atoms in total. The molecule has 2 aromatic carbocycles. The molecule has 49 heavy (non-hydrogen) atoms. The van der Waals surface area contributed by atoms with Gasteiger partial charge in [0.2, 0.25) is 11.7 Å². The summed E-state index contributed by atoms with van der Waals surface area (Å²) in [7, 11) is 3.65. The number of rotatable bonds is 10. The Morgan fingerprint density at radius 3 is 2.51 bits per heavy atom. The molecule has 11 heteroatoms. The zero-order valence-corrected chi connectivity index (χ0v) is 28.6. The minimum absolute atomic E-state index is 0.178. The van der Waals surface area contributed by atoms with Crippen LogP contribution in [-0.4, -0.2) is 51.4 Å². The highest BCUT2D eigenvalue weighted by molar-refractivity contribution is 6.38. The third kappa shape index (κ3) is 6.56. The number of carbonyl (C=O) groups excluding carboxylic acids is 2. The predicted octanol–water partition coefficient (Wildman–Crippen LogP) is 7.96. The zero-order chi connectivity index (χ0) is 35.0. The van der Waals surface area contributed by atoms with Gasteiger partial charge in [0.15, 0.2) is 0 Å². The summed E-state index contributed by atoms with van der Waals surface area (Å²) >= 11 is 6.99. The molecule has 0 saturated heterocycles. The maximum Gasteiger partial charge on any atom is 0.248 e. The molecule has 0 atom stereocenters. The fraction of sp³-hybridized carbons (Fsp3) is 0.289. The van der Waals surface area contributed by atoms with Crippen molar-refractivity contribution in [1.29, 1.82) is 0 Å². The second-order valence-electron chi connectivity index (χ2n) is 12.5. The highest BCUT2D eigenvalue weighted by atomic mass is 35.5. The molecule has 254 valence electrons. The highest BCUT2D eigenvalue weighted by Gasteiger charge is 2.24. The first-order valence-corrected chi connectivity index (χ1v) is 16.6. The molecule has 0 radical (unpaired) electrons. The van der Waals surface area contributed by atoms with Gasteiger partial charge < -0.3 is 24.3 Å². The van der Waals surface area contributed by atoms with Crippen LogP contribution in [0.1, 0.15) is 58.7 Å². The molecular weight excluding hydrogens is 648 g/mol. The summed E-state index contributed by atoms with van der Waals surface area (Å²) in [4.78, 5) is 31.0. The molecule has 1 fully saturated rings. The smallest absolute Gasteiger partial charge is 0.248 e. The Morgan fingerprint density at radius 1 is 1.12 bits per heavy atom. The maximum atomic E-state index is 15.3. The number of hydrogen-bond acceptors (Lipinski definition) is 5. The molecule has 0 unspecified atom stereocenters. The van der Waals surface area contributed by atoms with Crippen LogP contribution in [-0.2, 0) is 16.6 Å². The molecule has 5 aromatic rings. The van der Waals surface area contributed by atoms with E-state index in [4.69, 9.17) is 16.3 Å². The topological polar surface area (TPSA) is 89.7 Å². The summed E-state index contributed by atoms with van der Waals surface area (Å²) in [5.74, 6) is -2.61. The van der Waals surface area contributed by atoms with Gasteiger partial charge in [0.1, 0.15) is 28.7 Å². The van der Waals surface area contributed by atoms with Gasteiger partial charge in [-0.05, 0) is 75.4 Å². The predicted molar refractivity (Wildman–Crippen MR) is 190 cm³/mol. The van der Waals surface area contributed by atoms with E-state index in [1.165, 1.54) is 6.08 Å². The number of aryl methyl sites for hydroxylation is 3. The number of nitrogens with zero attached hydrogens (tertiary/aromatic N) is 3. The Balaban J connectivity index is 1.24. The second kappa shape index (κ2) is 14.1. The average Bonchev–Trinajstić information content (AvgIpc) is 3.61. The Morgan fingerprint density at radius 2 is 1.84 bits per heavy atom. The maximum absolute atomic E-state index is 15.3. The van der Waals surface area contributed by atoms with E-state index in [0.29, 0.717) is 40.3 Å². The first kappa shape index (κ1) is 34.2. The molecule has 0 aliphatic heterocycles. The summed E-state index contributed by atoms with van der Waals surface area (Å²) < 4.78 is 39.6. The van der Waals surface area contributed by atoms with Crippen LogP contribution in [0.5, 0.6) is 0 Å². The molecule has 1 aliphatic carbocycles. The summed E-state index contributed by atoms with van der Waals surface area (Å²) in [5.41, 5.74) is 4.62. The van der Waals surface area contributed by atoms with Gasteiger partial charge in [-0.25, -0.2) is 13.8 Å². The second-order valence-corrected chi connectivity index (χ2v) is 12.8. The number of aromatic nitrogens is 3. The minimum atomic E-state index is -1.06. The number of nitrogens with one attached hydrogen (secondary N) is 2. The van der Waals surface area contributed by atoms with E-state index < -0.39 is 29.0 Å². The molecule has 1 aliphatic rings. The normalized spacial score (nSPS) is 16.6. The lowest BCUT2D eigenvalue weighted by atomic mass is 9.93. The molecule has 3 heterocycles. The van der Waals surface area contributed by atoms with Gasteiger partial charge in [-0.2, -0.15) is 0 Å². The van der Waals surface area contributed by atoms with Crippen LogP contribution in [0, 0.1) is 25.5 Å². The Labute approximate surface area is 288 Å². The number of carbonyl (C=O) groups is 2. The number of amides is 1. The van der Waals surface area contributed by atoms with Crippen LogP contribution in [0.2, 0.25) is 5.02 Å².